The fraction of sp³-hybridized carbons (Fsp3) is 0.562. The van der Waals surface area contributed by atoms with Gasteiger partial charge >= 0.3 is 0 Å². The minimum Gasteiger partial charge on any atom is -0.484 e. The molecular formula is C16H25NO3. The Morgan fingerprint density at radius 2 is 1.85 bits per heavy atom. The molecule has 1 aromatic rings. The highest BCUT2D eigenvalue weighted by atomic mass is 16.5. The highest BCUT2D eigenvalue weighted by Gasteiger charge is 2.18. The standard InChI is InChI=1S/C16H25NO3/c1-12-7-13(2)9-14(8-12)20-10-15(19)17-11-16(3,4)5-6-18/h7-9,18H,5-6,10-11H2,1-4H3,(H,17,19). The van der Waals surface area contributed by atoms with E-state index in [0.29, 0.717) is 18.7 Å². The largest absolute Gasteiger partial charge is 0.484 e. The number of hydrogen-bond acceptors (Lipinski definition) is 3. The summed E-state index contributed by atoms with van der Waals surface area (Å²) in [6, 6.07) is 5.89. The molecule has 2 N–H and O–H groups in total. The molecule has 0 aromatic heterocycles. The van der Waals surface area contributed by atoms with Crippen LogP contribution < -0.4 is 10.1 Å². The van der Waals surface area contributed by atoms with Gasteiger partial charge in [-0.05, 0) is 48.9 Å². The first-order chi connectivity index (χ1) is 9.32. The van der Waals surface area contributed by atoms with E-state index in [0.717, 1.165) is 11.1 Å². The van der Waals surface area contributed by atoms with Gasteiger partial charge in [-0.1, -0.05) is 19.9 Å². The molecule has 0 saturated heterocycles. The van der Waals surface area contributed by atoms with Crippen LogP contribution in [0.15, 0.2) is 18.2 Å². The molecular weight excluding hydrogens is 254 g/mol. The molecule has 1 amide bonds. The third kappa shape index (κ3) is 6.06. The SMILES string of the molecule is Cc1cc(C)cc(OCC(=O)NCC(C)(C)CCO)c1. The topological polar surface area (TPSA) is 58.6 Å². The van der Waals surface area contributed by atoms with Crippen molar-refractivity contribution in [2.75, 3.05) is 19.8 Å². The van der Waals surface area contributed by atoms with Crippen LogP contribution in [0, 0.1) is 19.3 Å². The van der Waals surface area contributed by atoms with Crippen molar-refractivity contribution in [3.8, 4) is 5.75 Å². The number of ether oxygens (including phenoxy) is 1. The number of amides is 1. The fourth-order valence-corrected chi connectivity index (χ4v) is 1.95. The summed E-state index contributed by atoms with van der Waals surface area (Å²) in [6.45, 7) is 8.68. The summed E-state index contributed by atoms with van der Waals surface area (Å²) in [6.07, 6.45) is 0.658. The zero-order chi connectivity index (χ0) is 15.2. The quantitative estimate of drug-likeness (QED) is 0.804. The molecule has 0 fully saturated rings. The Hall–Kier alpha value is -1.55. The highest BCUT2D eigenvalue weighted by Crippen LogP contribution is 2.18. The van der Waals surface area contributed by atoms with Gasteiger partial charge in [0.25, 0.3) is 5.91 Å². The van der Waals surface area contributed by atoms with Crippen molar-refractivity contribution >= 4 is 5.91 Å². The van der Waals surface area contributed by atoms with Crippen molar-refractivity contribution in [1.29, 1.82) is 0 Å². The molecule has 0 spiro atoms. The second kappa shape index (κ2) is 7.29. The summed E-state index contributed by atoms with van der Waals surface area (Å²) >= 11 is 0. The third-order valence-electron chi connectivity index (χ3n) is 3.12. The molecule has 4 nitrogen and oxygen atoms in total. The maximum atomic E-state index is 11.7. The van der Waals surface area contributed by atoms with Crippen molar-refractivity contribution < 1.29 is 14.6 Å². The van der Waals surface area contributed by atoms with Crippen LogP contribution in [0.2, 0.25) is 0 Å². The van der Waals surface area contributed by atoms with E-state index in [2.05, 4.69) is 11.4 Å². The molecule has 0 radical (unpaired) electrons. The molecule has 0 aliphatic carbocycles. The van der Waals surface area contributed by atoms with E-state index >= 15 is 0 Å². The van der Waals surface area contributed by atoms with Crippen LogP contribution in [0.25, 0.3) is 0 Å². The Kier molecular flexibility index (Phi) is 6.02. The van der Waals surface area contributed by atoms with Gasteiger partial charge in [0.2, 0.25) is 0 Å². The lowest BCUT2D eigenvalue weighted by Crippen LogP contribution is -2.37. The van der Waals surface area contributed by atoms with Crippen LogP contribution in [-0.4, -0.2) is 30.8 Å². The van der Waals surface area contributed by atoms with E-state index in [1.807, 2.05) is 39.8 Å². The first-order valence-corrected chi connectivity index (χ1v) is 6.91. The lowest BCUT2D eigenvalue weighted by Gasteiger charge is -2.23. The average molecular weight is 279 g/mol. The predicted molar refractivity (Wildman–Crippen MR) is 79.9 cm³/mol. The van der Waals surface area contributed by atoms with Crippen LogP contribution in [0.1, 0.15) is 31.4 Å². The summed E-state index contributed by atoms with van der Waals surface area (Å²) < 4.78 is 5.49. The van der Waals surface area contributed by atoms with E-state index in [-0.39, 0.29) is 24.5 Å². The zero-order valence-corrected chi connectivity index (χ0v) is 12.8. The highest BCUT2D eigenvalue weighted by molar-refractivity contribution is 5.77. The van der Waals surface area contributed by atoms with Gasteiger partial charge in [-0.15, -0.1) is 0 Å². The van der Waals surface area contributed by atoms with Crippen molar-refractivity contribution in [3.05, 3.63) is 29.3 Å². The van der Waals surface area contributed by atoms with Crippen LogP contribution in [0.4, 0.5) is 0 Å². The van der Waals surface area contributed by atoms with Gasteiger partial charge < -0.3 is 15.2 Å². The van der Waals surface area contributed by atoms with Gasteiger partial charge in [0.15, 0.2) is 6.61 Å². The van der Waals surface area contributed by atoms with E-state index in [1.54, 1.807) is 0 Å². The third-order valence-corrected chi connectivity index (χ3v) is 3.12. The number of carbonyl (C=O) groups is 1. The smallest absolute Gasteiger partial charge is 0.257 e. The van der Waals surface area contributed by atoms with Crippen molar-refractivity contribution in [2.24, 2.45) is 5.41 Å². The molecule has 4 heteroatoms. The maximum Gasteiger partial charge on any atom is 0.257 e. The first kappa shape index (κ1) is 16.5. The van der Waals surface area contributed by atoms with Crippen LogP contribution in [0.5, 0.6) is 5.75 Å². The van der Waals surface area contributed by atoms with E-state index in [4.69, 9.17) is 9.84 Å². The van der Waals surface area contributed by atoms with Crippen LogP contribution >= 0.6 is 0 Å². The Labute approximate surface area is 121 Å². The van der Waals surface area contributed by atoms with E-state index < -0.39 is 0 Å². The number of aliphatic hydroxyl groups is 1. The van der Waals surface area contributed by atoms with Gasteiger partial charge in [0.05, 0.1) is 0 Å². The first-order valence-electron chi connectivity index (χ1n) is 6.91. The summed E-state index contributed by atoms with van der Waals surface area (Å²) in [4.78, 5) is 11.7. The molecule has 112 valence electrons. The Balaban J connectivity index is 2.40. The van der Waals surface area contributed by atoms with Gasteiger partial charge in [0, 0.05) is 13.2 Å². The Bertz CT molecular complexity index is 435. The molecule has 0 aliphatic heterocycles. The molecule has 0 heterocycles. The zero-order valence-electron chi connectivity index (χ0n) is 12.8. The van der Waals surface area contributed by atoms with Crippen molar-refractivity contribution in [1.82, 2.24) is 5.32 Å². The van der Waals surface area contributed by atoms with Gasteiger partial charge in [0.1, 0.15) is 5.75 Å². The number of benzene rings is 1. The Morgan fingerprint density at radius 1 is 1.25 bits per heavy atom. The number of aliphatic hydroxyl groups excluding tert-OH is 1. The maximum absolute atomic E-state index is 11.7. The monoisotopic (exact) mass is 279 g/mol. The van der Waals surface area contributed by atoms with Gasteiger partial charge in [-0.2, -0.15) is 0 Å². The summed E-state index contributed by atoms with van der Waals surface area (Å²) in [5, 5.41) is 11.8. The summed E-state index contributed by atoms with van der Waals surface area (Å²) in [7, 11) is 0. The molecule has 0 atom stereocenters. The number of hydrogen-bond donors (Lipinski definition) is 2. The molecule has 0 bridgehead atoms. The van der Waals surface area contributed by atoms with Crippen molar-refractivity contribution in [3.63, 3.8) is 0 Å². The molecule has 0 saturated carbocycles. The predicted octanol–water partition coefficient (Wildman–Crippen LogP) is 2.21. The molecule has 0 aliphatic rings. The lowest BCUT2D eigenvalue weighted by atomic mass is 9.90. The average Bonchev–Trinajstić information content (AvgIpc) is 2.33. The molecule has 0 unspecified atom stereocenters. The van der Waals surface area contributed by atoms with Crippen molar-refractivity contribution in [2.45, 2.75) is 34.1 Å². The van der Waals surface area contributed by atoms with E-state index in [1.165, 1.54) is 0 Å². The molecule has 20 heavy (non-hydrogen) atoms. The molecule has 1 aromatic carbocycles. The lowest BCUT2D eigenvalue weighted by molar-refractivity contribution is -0.123. The minimum absolute atomic E-state index is 0.0120. The number of nitrogens with one attached hydrogen (secondary N) is 1. The fourth-order valence-electron chi connectivity index (χ4n) is 1.95. The van der Waals surface area contributed by atoms with Gasteiger partial charge in [-0.25, -0.2) is 0 Å². The number of aryl methyl sites for hydroxylation is 2. The van der Waals surface area contributed by atoms with Crippen LogP contribution in [0.3, 0.4) is 0 Å². The summed E-state index contributed by atoms with van der Waals surface area (Å²) in [5.74, 6) is 0.572. The molecule has 1 rings (SSSR count). The Morgan fingerprint density at radius 3 is 2.40 bits per heavy atom. The second-order valence-corrected chi connectivity index (χ2v) is 6.03. The summed E-state index contributed by atoms with van der Waals surface area (Å²) in [5.41, 5.74) is 2.12. The van der Waals surface area contributed by atoms with Crippen LogP contribution in [-0.2, 0) is 4.79 Å². The minimum atomic E-state index is -0.143. The normalized spacial score (nSPS) is 11.2. The van der Waals surface area contributed by atoms with E-state index in [9.17, 15) is 4.79 Å². The number of rotatable bonds is 7. The van der Waals surface area contributed by atoms with Gasteiger partial charge in [-0.3, -0.25) is 4.79 Å². The number of carbonyl (C=O) groups excluding carboxylic acids is 1. The second-order valence-electron chi connectivity index (χ2n) is 6.03.